The second-order valence-electron chi connectivity index (χ2n) is 4.39. The molecule has 100 valence electrons. The van der Waals surface area contributed by atoms with Gasteiger partial charge in [0.1, 0.15) is 6.04 Å². The Morgan fingerprint density at radius 3 is 2.35 bits per heavy atom. The first-order valence-electron chi connectivity index (χ1n) is 5.79. The third kappa shape index (κ3) is 6.11. The molecule has 1 atom stereocenters. The summed E-state index contributed by atoms with van der Waals surface area (Å²) in [5.41, 5.74) is 0. The molecule has 0 unspecified atom stereocenters. The van der Waals surface area contributed by atoms with E-state index in [1.807, 2.05) is 7.05 Å². The van der Waals surface area contributed by atoms with Gasteiger partial charge in [-0.2, -0.15) is 0 Å². The maximum absolute atomic E-state index is 11.7. The molecule has 0 aliphatic heterocycles. The molecule has 0 rings (SSSR count). The lowest BCUT2D eigenvalue weighted by Gasteiger charge is -2.23. The normalized spacial score (nSPS) is 12.3. The Kier molecular flexibility index (Phi) is 7.29. The maximum Gasteiger partial charge on any atom is 0.326 e. The summed E-state index contributed by atoms with van der Waals surface area (Å²) in [5.74, 6) is -1.14. The van der Waals surface area contributed by atoms with Gasteiger partial charge in [-0.05, 0) is 25.9 Å². The topological polar surface area (TPSA) is 81.7 Å². The molecule has 0 aromatic rings. The molecular weight excluding hydrogens is 222 g/mol. The van der Waals surface area contributed by atoms with Crippen molar-refractivity contribution < 1.29 is 14.7 Å². The molecule has 6 nitrogen and oxygen atoms in total. The van der Waals surface area contributed by atoms with Crippen molar-refractivity contribution in [3.8, 4) is 0 Å². The van der Waals surface area contributed by atoms with Crippen molar-refractivity contribution in [1.82, 2.24) is 15.5 Å². The number of hydrogen-bond donors (Lipinski definition) is 3. The van der Waals surface area contributed by atoms with E-state index in [4.69, 9.17) is 5.11 Å². The molecule has 2 amide bonds. The SMILES string of the molecule is CNCCCN(C)C(=O)N[C@@H](C(=O)O)C(C)C. The Morgan fingerprint density at radius 2 is 1.94 bits per heavy atom. The van der Waals surface area contributed by atoms with Gasteiger partial charge in [0, 0.05) is 13.6 Å². The highest BCUT2D eigenvalue weighted by Crippen LogP contribution is 2.02. The van der Waals surface area contributed by atoms with Crippen molar-refractivity contribution in [3.63, 3.8) is 0 Å². The lowest BCUT2D eigenvalue weighted by atomic mass is 10.1. The molecule has 0 fully saturated rings. The molecule has 0 aromatic heterocycles. The molecule has 3 N–H and O–H groups in total. The fourth-order valence-corrected chi connectivity index (χ4v) is 1.35. The van der Waals surface area contributed by atoms with Crippen LogP contribution in [0.15, 0.2) is 0 Å². The predicted octanol–water partition coefficient (Wildman–Crippen LogP) is 0.347. The zero-order valence-electron chi connectivity index (χ0n) is 11.0. The number of carbonyl (C=O) groups excluding carboxylic acids is 1. The third-order valence-electron chi connectivity index (χ3n) is 2.48. The van der Waals surface area contributed by atoms with Gasteiger partial charge in [-0.15, -0.1) is 0 Å². The summed E-state index contributed by atoms with van der Waals surface area (Å²) in [6.45, 7) is 4.95. The molecular formula is C11H23N3O3. The van der Waals surface area contributed by atoms with Gasteiger partial charge in [-0.3, -0.25) is 0 Å². The minimum atomic E-state index is -1.00. The molecule has 0 radical (unpaired) electrons. The molecule has 0 aliphatic carbocycles. The lowest BCUT2D eigenvalue weighted by Crippen LogP contribution is -2.49. The largest absolute Gasteiger partial charge is 0.480 e. The number of carboxylic acid groups (broad SMARTS) is 1. The number of nitrogens with zero attached hydrogens (tertiary/aromatic N) is 1. The summed E-state index contributed by atoms with van der Waals surface area (Å²) in [5, 5.41) is 14.4. The number of carbonyl (C=O) groups is 2. The van der Waals surface area contributed by atoms with Gasteiger partial charge in [0.05, 0.1) is 0 Å². The number of amides is 2. The van der Waals surface area contributed by atoms with Crippen molar-refractivity contribution in [3.05, 3.63) is 0 Å². The summed E-state index contributed by atoms with van der Waals surface area (Å²) < 4.78 is 0. The van der Waals surface area contributed by atoms with E-state index < -0.39 is 12.0 Å². The van der Waals surface area contributed by atoms with Crippen LogP contribution in [-0.2, 0) is 4.79 Å². The quantitative estimate of drug-likeness (QED) is 0.565. The van der Waals surface area contributed by atoms with Crippen LogP contribution in [-0.4, -0.2) is 55.2 Å². The Hall–Kier alpha value is -1.30. The number of urea groups is 1. The Labute approximate surface area is 102 Å². The van der Waals surface area contributed by atoms with Crippen LogP contribution < -0.4 is 10.6 Å². The van der Waals surface area contributed by atoms with E-state index in [0.717, 1.165) is 13.0 Å². The molecule has 6 heteroatoms. The van der Waals surface area contributed by atoms with Crippen LogP contribution in [0.3, 0.4) is 0 Å². The molecule has 0 heterocycles. The first kappa shape index (κ1) is 15.7. The van der Waals surface area contributed by atoms with Crippen LogP contribution in [0.4, 0.5) is 4.79 Å². The maximum atomic E-state index is 11.7. The molecule has 0 spiro atoms. The van der Waals surface area contributed by atoms with E-state index in [9.17, 15) is 9.59 Å². The molecule has 17 heavy (non-hydrogen) atoms. The van der Waals surface area contributed by atoms with Gasteiger partial charge in [-0.25, -0.2) is 9.59 Å². The number of hydrogen-bond acceptors (Lipinski definition) is 3. The molecule has 0 bridgehead atoms. The first-order valence-corrected chi connectivity index (χ1v) is 5.79. The summed E-state index contributed by atoms with van der Waals surface area (Å²) in [6, 6.07) is -1.18. The van der Waals surface area contributed by atoms with Crippen LogP contribution in [0.5, 0.6) is 0 Å². The molecule has 0 saturated heterocycles. The minimum Gasteiger partial charge on any atom is -0.480 e. The Balaban J connectivity index is 4.16. The van der Waals surface area contributed by atoms with Crippen molar-refractivity contribution in [2.45, 2.75) is 26.3 Å². The number of carboxylic acids is 1. The van der Waals surface area contributed by atoms with E-state index in [-0.39, 0.29) is 11.9 Å². The monoisotopic (exact) mass is 245 g/mol. The zero-order chi connectivity index (χ0) is 13.4. The second kappa shape index (κ2) is 7.89. The average Bonchev–Trinajstić information content (AvgIpc) is 2.24. The second-order valence-corrected chi connectivity index (χ2v) is 4.39. The minimum absolute atomic E-state index is 0.137. The van der Waals surface area contributed by atoms with E-state index in [1.54, 1.807) is 20.9 Å². The molecule has 0 aliphatic rings. The summed E-state index contributed by atoms with van der Waals surface area (Å²) in [6.07, 6.45) is 0.833. The summed E-state index contributed by atoms with van der Waals surface area (Å²) >= 11 is 0. The van der Waals surface area contributed by atoms with Crippen molar-refractivity contribution in [1.29, 1.82) is 0 Å². The Morgan fingerprint density at radius 1 is 1.35 bits per heavy atom. The van der Waals surface area contributed by atoms with Gasteiger partial charge in [0.15, 0.2) is 0 Å². The first-order chi connectivity index (χ1) is 7.90. The lowest BCUT2D eigenvalue weighted by molar-refractivity contribution is -0.140. The Bertz CT molecular complexity index is 256. The van der Waals surface area contributed by atoms with Gasteiger partial charge in [0.25, 0.3) is 0 Å². The van der Waals surface area contributed by atoms with E-state index in [0.29, 0.717) is 6.54 Å². The third-order valence-corrected chi connectivity index (χ3v) is 2.48. The van der Waals surface area contributed by atoms with E-state index in [1.165, 1.54) is 4.90 Å². The number of aliphatic carboxylic acids is 1. The van der Waals surface area contributed by atoms with Gasteiger partial charge >= 0.3 is 12.0 Å². The van der Waals surface area contributed by atoms with Crippen molar-refractivity contribution in [2.75, 3.05) is 27.2 Å². The zero-order valence-corrected chi connectivity index (χ0v) is 11.0. The average molecular weight is 245 g/mol. The number of rotatable bonds is 7. The summed E-state index contributed by atoms with van der Waals surface area (Å²) in [7, 11) is 3.50. The highest BCUT2D eigenvalue weighted by molar-refractivity contribution is 5.82. The molecule has 0 saturated carbocycles. The van der Waals surface area contributed by atoms with Crippen LogP contribution in [0.1, 0.15) is 20.3 Å². The van der Waals surface area contributed by atoms with Gasteiger partial charge in [-0.1, -0.05) is 13.8 Å². The summed E-state index contributed by atoms with van der Waals surface area (Å²) in [4.78, 5) is 24.1. The van der Waals surface area contributed by atoms with Crippen LogP contribution >= 0.6 is 0 Å². The molecule has 0 aromatic carbocycles. The van der Waals surface area contributed by atoms with Crippen LogP contribution in [0.25, 0.3) is 0 Å². The van der Waals surface area contributed by atoms with Crippen LogP contribution in [0.2, 0.25) is 0 Å². The smallest absolute Gasteiger partial charge is 0.326 e. The standard InChI is InChI=1S/C11H23N3O3/c1-8(2)9(10(15)16)13-11(17)14(4)7-5-6-12-3/h8-9,12H,5-7H2,1-4H3,(H,13,17)(H,15,16)/t9-/m1/s1. The fraction of sp³-hybridized carbons (Fsp3) is 0.818. The predicted molar refractivity (Wildman–Crippen MR) is 66.0 cm³/mol. The number of nitrogens with one attached hydrogen (secondary N) is 2. The van der Waals surface area contributed by atoms with E-state index >= 15 is 0 Å². The highest BCUT2D eigenvalue weighted by atomic mass is 16.4. The van der Waals surface area contributed by atoms with Crippen molar-refractivity contribution in [2.24, 2.45) is 5.92 Å². The highest BCUT2D eigenvalue weighted by Gasteiger charge is 2.24. The fourth-order valence-electron chi connectivity index (χ4n) is 1.35. The van der Waals surface area contributed by atoms with Gasteiger partial charge < -0.3 is 20.6 Å². The van der Waals surface area contributed by atoms with Crippen molar-refractivity contribution >= 4 is 12.0 Å². The van der Waals surface area contributed by atoms with Gasteiger partial charge in [0.2, 0.25) is 0 Å². The van der Waals surface area contributed by atoms with Crippen LogP contribution in [0, 0.1) is 5.92 Å². The van der Waals surface area contributed by atoms with E-state index in [2.05, 4.69) is 10.6 Å².